The topological polar surface area (TPSA) is 107 Å². The smallest absolute Gasteiger partial charge is 0.418 e. The molecule has 154 valence electrons. The molecule has 2 aromatic carbocycles. The molecule has 4 rings (SSSR count). The monoisotopic (exact) mass is 428 g/mol. The molecule has 0 spiro atoms. The summed E-state index contributed by atoms with van der Waals surface area (Å²) in [4.78, 5) is 30.4. The Morgan fingerprint density at radius 2 is 2.00 bits per heavy atom. The Morgan fingerprint density at radius 3 is 2.80 bits per heavy atom. The number of halogens is 1. The maximum atomic E-state index is 12.8. The van der Waals surface area contributed by atoms with Gasteiger partial charge in [0, 0.05) is 12.6 Å². The van der Waals surface area contributed by atoms with Gasteiger partial charge in [-0.25, -0.2) is 0 Å². The molecule has 3 aromatic rings. The average Bonchev–Trinajstić information content (AvgIpc) is 3.25. The van der Waals surface area contributed by atoms with Crippen LogP contribution in [-0.2, 0) is 9.59 Å². The van der Waals surface area contributed by atoms with E-state index in [1.807, 2.05) is 0 Å². The summed E-state index contributed by atoms with van der Waals surface area (Å²) in [6.07, 6.45) is -0.994. The number of carbonyl (C=O) groups excluding carboxylic acids is 2. The van der Waals surface area contributed by atoms with Gasteiger partial charge in [-0.15, -0.1) is 0 Å². The van der Waals surface area contributed by atoms with Gasteiger partial charge in [0.1, 0.15) is 5.75 Å². The van der Waals surface area contributed by atoms with Gasteiger partial charge < -0.3 is 19.7 Å². The second kappa shape index (κ2) is 8.42. The normalized spacial score (nSPS) is 15.1. The lowest BCUT2D eigenvalue weighted by molar-refractivity contribution is -0.128. The van der Waals surface area contributed by atoms with Crippen LogP contribution in [0.4, 0.5) is 5.69 Å². The van der Waals surface area contributed by atoms with E-state index >= 15 is 0 Å². The van der Waals surface area contributed by atoms with Crippen LogP contribution in [0.2, 0.25) is 5.02 Å². The second-order valence-corrected chi connectivity index (χ2v) is 6.75. The lowest BCUT2D eigenvalue weighted by atomic mass is 10.1. The Hall–Kier alpha value is -3.59. The van der Waals surface area contributed by atoms with E-state index in [9.17, 15) is 9.59 Å². The van der Waals surface area contributed by atoms with Crippen molar-refractivity contribution in [3.63, 3.8) is 0 Å². The highest BCUT2D eigenvalue weighted by atomic mass is 35.5. The number of benzene rings is 2. The maximum Gasteiger partial charge on any atom is 0.418 e. The Balaban J connectivity index is 1.47. The second-order valence-electron chi connectivity index (χ2n) is 6.35. The van der Waals surface area contributed by atoms with Gasteiger partial charge in [-0.1, -0.05) is 41.0 Å². The number of aromatic nitrogens is 2. The summed E-state index contributed by atoms with van der Waals surface area (Å²) in [5.41, 5.74) is 1.13. The number of nitrogens with one attached hydrogen (secondary N) is 1. The molecule has 30 heavy (non-hydrogen) atoms. The van der Waals surface area contributed by atoms with Gasteiger partial charge in [-0.05, 0) is 24.3 Å². The van der Waals surface area contributed by atoms with Gasteiger partial charge in [0.15, 0.2) is 12.7 Å². The first-order chi connectivity index (χ1) is 14.6. The molecule has 1 atom stereocenters. The van der Waals surface area contributed by atoms with Crippen molar-refractivity contribution in [3.05, 3.63) is 53.6 Å². The highest BCUT2D eigenvalue weighted by Gasteiger charge is 2.33. The molecular weight excluding hydrogens is 412 g/mol. The van der Waals surface area contributed by atoms with Crippen LogP contribution in [-0.4, -0.2) is 48.3 Å². The minimum atomic E-state index is -0.830. The Bertz CT molecular complexity index is 1090. The van der Waals surface area contributed by atoms with Gasteiger partial charge in [-0.2, -0.15) is 4.98 Å². The third kappa shape index (κ3) is 3.92. The predicted molar refractivity (Wildman–Crippen MR) is 108 cm³/mol. The van der Waals surface area contributed by atoms with Crippen LogP contribution in [0.25, 0.3) is 11.4 Å². The quantitative estimate of drug-likeness (QED) is 0.664. The molecule has 2 heterocycles. The molecule has 10 heteroatoms. The van der Waals surface area contributed by atoms with E-state index in [-0.39, 0.29) is 31.0 Å². The van der Waals surface area contributed by atoms with E-state index in [0.29, 0.717) is 22.0 Å². The summed E-state index contributed by atoms with van der Waals surface area (Å²) in [6, 6.07) is 14.0. The molecule has 1 aromatic heterocycles. The summed E-state index contributed by atoms with van der Waals surface area (Å²) in [5, 5.41) is 6.82. The fraction of sp³-hybridized carbons (Fsp3) is 0.200. The fourth-order valence-corrected chi connectivity index (χ4v) is 3.21. The number of hydrogen-bond donors (Lipinski definition) is 1. The van der Waals surface area contributed by atoms with Crippen LogP contribution in [0.3, 0.4) is 0 Å². The van der Waals surface area contributed by atoms with Crippen molar-refractivity contribution in [2.24, 2.45) is 0 Å². The lowest BCUT2D eigenvalue weighted by Gasteiger charge is -2.33. The SMILES string of the molecule is CNC(=O)C1CN(C(=O)COc2nc(-c3ccccc3Cl)no2)c2ccccc2O1. The first-order valence-electron chi connectivity index (χ1n) is 9.06. The first-order valence-corrected chi connectivity index (χ1v) is 9.43. The third-order valence-corrected chi connectivity index (χ3v) is 4.78. The van der Waals surface area contributed by atoms with Crippen molar-refractivity contribution in [2.45, 2.75) is 6.10 Å². The number of rotatable bonds is 5. The van der Waals surface area contributed by atoms with E-state index in [0.717, 1.165) is 0 Å². The molecule has 1 aliphatic heterocycles. The van der Waals surface area contributed by atoms with Crippen molar-refractivity contribution in [1.82, 2.24) is 15.5 Å². The number of nitrogens with zero attached hydrogens (tertiary/aromatic N) is 3. The molecule has 1 aliphatic rings. The molecule has 0 saturated carbocycles. The molecule has 1 unspecified atom stereocenters. The number of amides is 2. The lowest BCUT2D eigenvalue weighted by Crippen LogP contribution is -2.51. The Morgan fingerprint density at radius 1 is 1.23 bits per heavy atom. The Kier molecular flexibility index (Phi) is 5.53. The van der Waals surface area contributed by atoms with Gasteiger partial charge in [0.25, 0.3) is 11.8 Å². The summed E-state index contributed by atoms with van der Waals surface area (Å²) >= 11 is 6.13. The Labute approximate surface area is 176 Å². The molecule has 0 saturated heterocycles. The van der Waals surface area contributed by atoms with E-state index in [2.05, 4.69) is 15.5 Å². The van der Waals surface area contributed by atoms with Crippen molar-refractivity contribution in [3.8, 4) is 23.2 Å². The molecule has 0 aliphatic carbocycles. The minimum absolute atomic E-state index is 0.0492. The first kappa shape index (κ1) is 19.7. The van der Waals surface area contributed by atoms with E-state index in [1.54, 1.807) is 48.5 Å². The third-order valence-electron chi connectivity index (χ3n) is 4.45. The summed E-state index contributed by atoms with van der Waals surface area (Å²) in [6.45, 7) is -0.313. The summed E-state index contributed by atoms with van der Waals surface area (Å²) in [5.74, 6) is -0.0365. The van der Waals surface area contributed by atoms with Crippen LogP contribution in [0.5, 0.6) is 11.8 Å². The summed E-state index contributed by atoms with van der Waals surface area (Å²) in [7, 11) is 1.51. The largest absolute Gasteiger partial charge is 0.477 e. The van der Waals surface area contributed by atoms with Gasteiger partial charge in [-0.3, -0.25) is 14.1 Å². The van der Waals surface area contributed by atoms with Crippen molar-refractivity contribution >= 4 is 29.1 Å². The molecule has 1 N–H and O–H groups in total. The number of ether oxygens (including phenoxy) is 2. The van der Waals surface area contributed by atoms with Crippen molar-refractivity contribution in [1.29, 1.82) is 0 Å². The highest BCUT2D eigenvalue weighted by molar-refractivity contribution is 6.33. The number of carbonyl (C=O) groups is 2. The standard InChI is InChI=1S/C20H17ClN4O5/c1-22-19(27)16-10-25(14-8-4-5-9-15(14)29-16)17(26)11-28-20-23-18(24-30-20)12-6-2-3-7-13(12)21/h2-9,16H,10-11H2,1H3,(H,22,27). The summed E-state index contributed by atoms with van der Waals surface area (Å²) < 4.78 is 16.1. The highest BCUT2D eigenvalue weighted by Crippen LogP contribution is 2.33. The van der Waals surface area contributed by atoms with Crippen molar-refractivity contribution in [2.75, 3.05) is 25.1 Å². The minimum Gasteiger partial charge on any atom is -0.477 e. The zero-order valence-electron chi connectivity index (χ0n) is 15.9. The molecule has 2 amide bonds. The molecule has 0 fully saturated rings. The van der Waals surface area contributed by atoms with Gasteiger partial charge in [0.2, 0.25) is 5.82 Å². The number of fused-ring (bicyclic) bond motifs is 1. The number of likely N-dealkylation sites (N-methyl/N-ethyl adjacent to an activating group) is 1. The number of anilines is 1. The number of para-hydroxylation sites is 2. The van der Waals surface area contributed by atoms with Crippen molar-refractivity contribution < 1.29 is 23.6 Å². The average molecular weight is 429 g/mol. The van der Waals surface area contributed by atoms with E-state index in [4.69, 9.17) is 25.6 Å². The van der Waals surface area contributed by atoms with Crippen LogP contribution in [0.1, 0.15) is 0 Å². The molecule has 9 nitrogen and oxygen atoms in total. The predicted octanol–water partition coefficient (Wildman–Crippen LogP) is 2.31. The zero-order chi connectivity index (χ0) is 21.1. The number of hydrogen-bond acceptors (Lipinski definition) is 7. The van der Waals surface area contributed by atoms with Gasteiger partial charge in [0.05, 0.1) is 17.3 Å². The van der Waals surface area contributed by atoms with Crippen LogP contribution in [0, 0.1) is 0 Å². The van der Waals surface area contributed by atoms with E-state index < -0.39 is 12.0 Å². The zero-order valence-corrected chi connectivity index (χ0v) is 16.6. The van der Waals surface area contributed by atoms with Gasteiger partial charge >= 0.3 is 6.08 Å². The van der Waals surface area contributed by atoms with Crippen LogP contribution in [0.15, 0.2) is 53.1 Å². The van der Waals surface area contributed by atoms with Crippen LogP contribution < -0.4 is 19.7 Å². The maximum absolute atomic E-state index is 12.8. The van der Waals surface area contributed by atoms with E-state index in [1.165, 1.54) is 11.9 Å². The molecular formula is C20H17ClN4O5. The molecule has 0 bridgehead atoms. The van der Waals surface area contributed by atoms with Crippen LogP contribution >= 0.6 is 11.6 Å². The fourth-order valence-electron chi connectivity index (χ4n) is 2.99. The molecule has 0 radical (unpaired) electrons.